The summed E-state index contributed by atoms with van der Waals surface area (Å²) in [7, 11) is 0. The summed E-state index contributed by atoms with van der Waals surface area (Å²) in [5, 5.41) is 0. The minimum absolute atomic E-state index is 0.0689. The van der Waals surface area contributed by atoms with Gasteiger partial charge >= 0.3 is 0 Å². The molecule has 2 aromatic rings. The summed E-state index contributed by atoms with van der Waals surface area (Å²) < 4.78 is 33.1. The van der Waals surface area contributed by atoms with E-state index in [1.165, 1.54) is 50.5 Å². The number of rotatable bonds is 7. The second-order valence-electron chi connectivity index (χ2n) is 7.62. The lowest BCUT2D eigenvalue weighted by Crippen LogP contribution is -2.15. The zero-order valence-corrected chi connectivity index (χ0v) is 15.8. The van der Waals surface area contributed by atoms with Crippen molar-refractivity contribution in [2.75, 3.05) is 0 Å². The quantitative estimate of drug-likeness (QED) is 0.491. The first-order valence-electron chi connectivity index (χ1n) is 12.1. The highest BCUT2D eigenvalue weighted by Crippen LogP contribution is 2.34. The second-order valence-corrected chi connectivity index (χ2v) is 7.62. The number of hydrogen-bond donors (Lipinski definition) is 0. The molecule has 134 valence electrons. The van der Waals surface area contributed by atoms with Crippen molar-refractivity contribution >= 4 is 0 Å². The van der Waals surface area contributed by atoms with E-state index < -0.39 is 0 Å². The first-order chi connectivity index (χ1) is 14.0. The van der Waals surface area contributed by atoms with Crippen LogP contribution in [0.15, 0.2) is 48.4 Å². The normalized spacial score (nSPS) is 22.8. The number of aryl methyl sites for hydroxylation is 1. The molecule has 2 aromatic carbocycles. The minimum Gasteiger partial charge on any atom is -0.0654 e. The van der Waals surface area contributed by atoms with Crippen LogP contribution >= 0.6 is 0 Å². The van der Waals surface area contributed by atoms with Gasteiger partial charge in [-0.1, -0.05) is 101 Å². The highest BCUT2D eigenvalue weighted by atomic mass is 14.3. The van der Waals surface area contributed by atoms with Crippen LogP contribution < -0.4 is 0 Å². The van der Waals surface area contributed by atoms with Gasteiger partial charge in [-0.05, 0) is 53.4 Å². The van der Waals surface area contributed by atoms with Crippen molar-refractivity contribution in [3.63, 3.8) is 0 Å². The first kappa shape index (κ1) is 13.6. The summed E-state index contributed by atoms with van der Waals surface area (Å²) >= 11 is 0. The maximum Gasteiger partial charge on any atom is 0.0629 e. The molecule has 1 aliphatic carbocycles. The molecule has 1 saturated carbocycles. The molecule has 0 spiro atoms. The molecule has 1 aliphatic rings. The lowest BCUT2D eigenvalue weighted by molar-refractivity contribution is 0.252. The maximum atomic E-state index is 8.34. The van der Waals surface area contributed by atoms with E-state index in [4.69, 9.17) is 5.48 Å². The molecule has 0 bridgehead atoms. The van der Waals surface area contributed by atoms with Crippen LogP contribution in [0, 0.1) is 11.8 Å². The highest BCUT2D eigenvalue weighted by Gasteiger charge is 2.20. The SMILES string of the molecule is [2H]c1c([2H])c(-c2ccc(CCC3CCC(CCC)CC3)cc2)c([2H])c([2H])c1CC. The van der Waals surface area contributed by atoms with Crippen molar-refractivity contribution in [1.29, 1.82) is 0 Å². The average molecular weight is 339 g/mol. The Morgan fingerprint density at radius 2 is 1.36 bits per heavy atom. The van der Waals surface area contributed by atoms with E-state index in [9.17, 15) is 0 Å². The Balaban J connectivity index is 1.67. The fourth-order valence-corrected chi connectivity index (χ4v) is 4.09. The van der Waals surface area contributed by atoms with Gasteiger partial charge in [0.2, 0.25) is 0 Å². The topological polar surface area (TPSA) is 0 Å². The van der Waals surface area contributed by atoms with E-state index >= 15 is 0 Å². The van der Waals surface area contributed by atoms with Gasteiger partial charge in [0.1, 0.15) is 0 Å². The zero-order valence-electron chi connectivity index (χ0n) is 19.8. The summed E-state index contributed by atoms with van der Waals surface area (Å²) in [6.07, 6.45) is 11.1. The van der Waals surface area contributed by atoms with Crippen LogP contribution in [0.25, 0.3) is 11.1 Å². The van der Waals surface area contributed by atoms with Crippen LogP contribution in [0.1, 0.15) is 75.4 Å². The van der Waals surface area contributed by atoms with E-state index in [2.05, 4.69) is 19.1 Å². The molecule has 3 rings (SSSR count). The van der Waals surface area contributed by atoms with Crippen molar-refractivity contribution in [2.24, 2.45) is 11.8 Å². The Labute approximate surface area is 160 Å². The minimum atomic E-state index is 0.0689. The molecule has 0 heteroatoms. The van der Waals surface area contributed by atoms with Crippen molar-refractivity contribution in [1.82, 2.24) is 0 Å². The van der Waals surface area contributed by atoms with Gasteiger partial charge in [0.05, 0.1) is 5.48 Å². The molecular weight excluding hydrogens is 300 g/mol. The molecule has 1 fully saturated rings. The zero-order chi connectivity index (χ0) is 21.0. The molecular formula is C25H34. The van der Waals surface area contributed by atoms with E-state index in [0.29, 0.717) is 17.5 Å². The predicted molar refractivity (Wildman–Crippen MR) is 110 cm³/mol. The van der Waals surface area contributed by atoms with Crippen LogP contribution in [0.5, 0.6) is 0 Å². The van der Waals surface area contributed by atoms with E-state index in [0.717, 1.165) is 23.8 Å². The van der Waals surface area contributed by atoms with Crippen molar-refractivity contribution in [2.45, 2.75) is 71.6 Å². The van der Waals surface area contributed by atoms with Gasteiger partial charge in [0, 0.05) is 0 Å². The van der Waals surface area contributed by atoms with Crippen LogP contribution in [-0.4, -0.2) is 0 Å². The molecule has 0 N–H and O–H groups in total. The lowest BCUT2D eigenvalue weighted by atomic mass is 9.78. The summed E-state index contributed by atoms with van der Waals surface area (Å²) in [6.45, 7) is 4.16. The summed E-state index contributed by atoms with van der Waals surface area (Å²) in [6, 6.07) is 8.43. The van der Waals surface area contributed by atoms with Crippen LogP contribution in [0.4, 0.5) is 0 Å². The second kappa shape index (κ2) is 9.22. The van der Waals surface area contributed by atoms with Crippen LogP contribution in [0.2, 0.25) is 0 Å². The Bertz CT molecular complexity index is 789. The van der Waals surface area contributed by atoms with E-state index in [1.807, 2.05) is 19.1 Å². The van der Waals surface area contributed by atoms with Crippen molar-refractivity contribution < 1.29 is 5.48 Å². The molecule has 0 aliphatic heterocycles. The third-order valence-electron chi connectivity index (χ3n) is 5.78. The van der Waals surface area contributed by atoms with E-state index in [1.54, 1.807) is 0 Å². The third-order valence-corrected chi connectivity index (χ3v) is 5.78. The molecule has 0 radical (unpaired) electrons. The molecule has 0 aromatic heterocycles. The maximum absolute atomic E-state index is 8.34. The summed E-state index contributed by atoms with van der Waals surface area (Å²) in [4.78, 5) is 0. The van der Waals surface area contributed by atoms with Crippen LogP contribution in [-0.2, 0) is 12.8 Å². The largest absolute Gasteiger partial charge is 0.0654 e. The van der Waals surface area contributed by atoms with Gasteiger partial charge in [0.15, 0.2) is 0 Å². The molecule has 0 nitrogen and oxygen atoms in total. The molecule has 0 amide bonds. The third kappa shape index (κ3) is 5.21. The predicted octanol–water partition coefficient (Wildman–Crippen LogP) is 7.46. The average Bonchev–Trinajstić information content (AvgIpc) is 2.73. The van der Waals surface area contributed by atoms with Gasteiger partial charge in [-0.2, -0.15) is 0 Å². The van der Waals surface area contributed by atoms with Gasteiger partial charge in [0.25, 0.3) is 0 Å². The van der Waals surface area contributed by atoms with E-state index in [-0.39, 0.29) is 24.2 Å². The number of hydrogen-bond acceptors (Lipinski definition) is 0. The fraction of sp³-hybridized carbons (Fsp3) is 0.520. The smallest absolute Gasteiger partial charge is 0.0629 e. The highest BCUT2D eigenvalue weighted by molar-refractivity contribution is 5.63. The Kier molecular flexibility index (Phi) is 5.02. The van der Waals surface area contributed by atoms with Gasteiger partial charge < -0.3 is 0 Å². The molecule has 0 heterocycles. The molecule has 0 atom stereocenters. The molecule has 25 heavy (non-hydrogen) atoms. The Hall–Kier alpha value is -1.56. The molecule has 0 saturated heterocycles. The standard InChI is InChI=1S/C25H34/c1-3-5-21-6-8-22(9-7-21)10-11-23-14-18-25(19-15-23)24-16-12-20(4-2)13-17-24/h12-19,21-22H,3-11H2,1-2H3/i12D,13D,16D,17D. The number of benzene rings is 2. The van der Waals surface area contributed by atoms with Gasteiger partial charge in [-0.25, -0.2) is 0 Å². The Morgan fingerprint density at radius 3 is 1.92 bits per heavy atom. The van der Waals surface area contributed by atoms with Crippen molar-refractivity contribution in [3.05, 3.63) is 59.6 Å². The Morgan fingerprint density at radius 1 is 0.760 bits per heavy atom. The summed E-state index contributed by atoms with van der Waals surface area (Å²) in [5.74, 6) is 1.80. The summed E-state index contributed by atoms with van der Waals surface area (Å²) in [5.41, 5.74) is 2.98. The lowest BCUT2D eigenvalue weighted by Gasteiger charge is -2.28. The fourth-order valence-electron chi connectivity index (χ4n) is 4.09. The van der Waals surface area contributed by atoms with Crippen molar-refractivity contribution in [3.8, 4) is 11.1 Å². The van der Waals surface area contributed by atoms with Gasteiger partial charge in [-0.3, -0.25) is 0 Å². The first-order valence-corrected chi connectivity index (χ1v) is 10.1. The molecule has 0 unspecified atom stereocenters. The van der Waals surface area contributed by atoms with Gasteiger partial charge in [-0.15, -0.1) is 0 Å². The van der Waals surface area contributed by atoms with Crippen LogP contribution in [0.3, 0.4) is 0 Å². The monoisotopic (exact) mass is 338 g/mol.